The Hall–Kier alpha value is -3.53. The maximum atomic E-state index is 13.8. The molecule has 1 amide bonds. The molecule has 35 heavy (non-hydrogen) atoms. The van der Waals surface area contributed by atoms with Crippen LogP contribution in [0.2, 0.25) is 0 Å². The zero-order valence-corrected chi connectivity index (χ0v) is 20.4. The van der Waals surface area contributed by atoms with Gasteiger partial charge < -0.3 is 10.1 Å². The number of rotatable bonds is 7. The van der Waals surface area contributed by atoms with Gasteiger partial charge in [0.25, 0.3) is 10.0 Å². The van der Waals surface area contributed by atoms with Gasteiger partial charge in [0.05, 0.1) is 18.4 Å². The third-order valence-corrected chi connectivity index (χ3v) is 6.94. The maximum Gasteiger partial charge on any atom is 0.416 e. The lowest BCUT2D eigenvalue weighted by Gasteiger charge is -2.26. The van der Waals surface area contributed by atoms with Gasteiger partial charge in [-0.2, -0.15) is 13.2 Å². The summed E-state index contributed by atoms with van der Waals surface area (Å²) in [4.78, 5) is 12.8. The van der Waals surface area contributed by atoms with Gasteiger partial charge >= 0.3 is 6.18 Å². The molecule has 0 radical (unpaired) electrons. The number of carbonyl (C=O) groups excluding carboxylic acids is 1. The molecule has 1 N–H and O–H groups in total. The number of methoxy groups -OCH3 is 1. The van der Waals surface area contributed by atoms with Crippen molar-refractivity contribution in [1.29, 1.82) is 0 Å². The first-order valence-corrected chi connectivity index (χ1v) is 12.0. The summed E-state index contributed by atoms with van der Waals surface area (Å²) in [6.07, 6.45) is -4.59. The summed E-state index contributed by atoms with van der Waals surface area (Å²) in [5.74, 6) is -0.707. The fourth-order valence-electron chi connectivity index (χ4n) is 3.62. The Morgan fingerprint density at radius 2 is 1.60 bits per heavy atom. The Bertz CT molecular complexity index is 1330. The molecule has 0 spiro atoms. The van der Waals surface area contributed by atoms with Crippen molar-refractivity contribution < 1.29 is 31.1 Å². The highest BCUT2D eigenvalue weighted by Crippen LogP contribution is 2.33. The van der Waals surface area contributed by atoms with E-state index in [1.54, 1.807) is 39.0 Å². The van der Waals surface area contributed by atoms with Crippen molar-refractivity contribution in [1.82, 2.24) is 0 Å². The number of alkyl halides is 3. The van der Waals surface area contributed by atoms with E-state index in [4.69, 9.17) is 4.74 Å². The van der Waals surface area contributed by atoms with E-state index >= 15 is 0 Å². The normalized spacial score (nSPS) is 11.7. The average Bonchev–Trinajstić information content (AvgIpc) is 2.76. The standard InChI is InChI=1S/C25H25F3N2O4S/c1-16-8-9-22(34-4)23(13-16)35(32,33)30(21-11-17(2)10-18(3)12-21)15-24(31)29-20-7-5-6-19(14-20)25(26,27)28/h5-14H,15H2,1-4H3,(H,29,31). The van der Waals surface area contributed by atoms with Gasteiger partial charge in [-0.05, 0) is 79.9 Å². The molecule has 0 heterocycles. The second-order valence-corrected chi connectivity index (χ2v) is 9.97. The molecule has 10 heteroatoms. The zero-order valence-electron chi connectivity index (χ0n) is 19.6. The Morgan fingerprint density at radius 1 is 0.943 bits per heavy atom. The van der Waals surface area contributed by atoms with Crippen molar-refractivity contribution in [3.8, 4) is 5.75 Å². The van der Waals surface area contributed by atoms with Gasteiger partial charge in [-0.3, -0.25) is 9.10 Å². The molecule has 0 aliphatic carbocycles. The molecule has 0 saturated carbocycles. The molecule has 3 aromatic carbocycles. The van der Waals surface area contributed by atoms with Crippen LogP contribution in [0.3, 0.4) is 0 Å². The summed E-state index contributed by atoms with van der Waals surface area (Å²) < 4.78 is 72.9. The van der Waals surface area contributed by atoms with Crippen LogP contribution in [0, 0.1) is 20.8 Å². The van der Waals surface area contributed by atoms with Gasteiger partial charge in [0.1, 0.15) is 17.2 Å². The zero-order chi connectivity index (χ0) is 26.0. The maximum absolute atomic E-state index is 13.8. The second kappa shape index (κ2) is 9.99. The minimum Gasteiger partial charge on any atom is -0.495 e. The Morgan fingerprint density at radius 3 is 2.20 bits per heavy atom. The average molecular weight is 507 g/mol. The summed E-state index contributed by atoms with van der Waals surface area (Å²) in [7, 11) is -2.97. The molecular weight excluding hydrogens is 481 g/mol. The van der Waals surface area contributed by atoms with E-state index in [0.29, 0.717) is 5.56 Å². The minimum atomic E-state index is -4.59. The number of nitrogens with one attached hydrogen (secondary N) is 1. The molecule has 6 nitrogen and oxygen atoms in total. The molecule has 0 aliphatic heterocycles. The number of amides is 1. The minimum absolute atomic E-state index is 0.100. The summed E-state index contributed by atoms with van der Waals surface area (Å²) >= 11 is 0. The number of hydrogen-bond acceptors (Lipinski definition) is 4. The number of hydrogen-bond donors (Lipinski definition) is 1. The molecule has 3 aromatic rings. The number of ether oxygens (including phenoxy) is 1. The van der Waals surface area contributed by atoms with E-state index in [1.165, 1.54) is 25.3 Å². The predicted octanol–water partition coefficient (Wildman–Crippen LogP) is 5.47. The number of sulfonamides is 1. The van der Waals surface area contributed by atoms with Gasteiger partial charge in [0.2, 0.25) is 5.91 Å². The van der Waals surface area contributed by atoms with E-state index in [-0.39, 0.29) is 22.0 Å². The first kappa shape index (κ1) is 26.1. The molecule has 0 fully saturated rings. The SMILES string of the molecule is COc1ccc(C)cc1S(=O)(=O)N(CC(=O)Nc1cccc(C(F)(F)F)c1)c1cc(C)cc(C)c1. The van der Waals surface area contributed by atoms with Crippen molar-refractivity contribution >= 4 is 27.3 Å². The van der Waals surface area contributed by atoms with E-state index in [1.807, 2.05) is 6.07 Å². The highest BCUT2D eigenvalue weighted by Gasteiger charge is 2.32. The molecule has 3 rings (SSSR count). The quantitative estimate of drug-likeness (QED) is 0.461. The molecule has 0 saturated heterocycles. The topological polar surface area (TPSA) is 75.7 Å². The lowest BCUT2D eigenvalue weighted by atomic mass is 10.1. The molecule has 186 valence electrons. The van der Waals surface area contributed by atoms with E-state index < -0.39 is 34.2 Å². The van der Waals surface area contributed by atoms with Crippen molar-refractivity contribution in [2.24, 2.45) is 0 Å². The van der Waals surface area contributed by atoms with Crippen LogP contribution >= 0.6 is 0 Å². The fourth-order valence-corrected chi connectivity index (χ4v) is 5.27. The van der Waals surface area contributed by atoms with Gasteiger partial charge in [-0.25, -0.2) is 8.42 Å². The Kier molecular flexibility index (Phi) is 7.44. The summed E-state index contributed by atoms with van der Waals surface area (Å²) in [5, 5.41) is 2.37. The van der Waals surface area contributed by atoms with Crippen LogP contribution in [0.25, 0.3) is 0 Å². The van der Waals surface area contributed by atoms with Crippen LogP contribution in [0.15, 0.2) is 65.6 Å². The summed E-state index contributed by atoms with van der Waals surface area (Å²) in [6.45, 7) is 4.63. The Balaban J connectivity index is 2.04. The lowest BCUT2D eigenvalue weighted by molar-refractivity contribution is -0.137. The smallest absolute Gasteiger partial charge is 0.416 e. The van der Waals surface area contributed by atoms with Gasteiger partial charge in [-0.1, -0.05) is 18.2 Å². The van der Waals surface area contributed by atoms with Gasteiger partial charge in [0.15, 0.2) is 0 Å². The number of carbonyl (C=O) groups is 1. The number of benzene rings is 3. The van der Waals surface area contributed by atoms with Crippen LogP contribution in [-0.2, 0) is 21.0 Å². The van der Waals surface area contributed by atoms with Crippen LogP contribution < -0.4 is 14.4 Å². The van der Waals surface area contributed by atoms with Crippen LogP contribution in [0.4, 0.5) is 24.5 Å². The molecular formula is C25H25F3N2O4S. The number of anilines is 2. The lowest BCUT2D eigenvalue weighted by Crippen LogP contribution is -2.38. The largest absolute Gasteiger partial charge is 0.495 e. The van der Waals surface area contributed by atoms with Crippen molar-refractivity contribution in [3.63, 3.8) is 0 Å². The van der Waals surface area contributed by atoms with Crippen molar-refractivity contribution in [3.05, 3.63) is 82.9 Å². The van der Waals surface area contributed by atoms with Gasteiger partial charge in [-0.15, -0.1) is 0 Å². The van der Waals surface area contributed by atoms with Crippen molar-refractivity contribution in [2.75, 3.05) is 23.3 Å². The molecule has 0 aliphatic rings. The van der Waals surface area contributed by atoms with E-state index in [0.717, 1.165) is 33.6 Å². The summed E-state index contributed by atoms with van der Waals surface area (Å²) in [6, 6.07) is 13.9. The van der Waals surface area contributed by atoms with E-state index in [9.17, 15) is 26.4 Å². The first-order chi connectivity index (χ1) is 16.3. The highest BCUT2D eigenvalue weighted by atomic mass is 32.2. The third kappa shape index (κ3) is 6.13. The number of aryl methyl sites for hydroxylation is 3. The molecule has 0 atom stereocenters. The molecule has 0 aromatic heterocycles. The van der Waals surface area contributed by atoms with Crippen LogP contribution in [0.1, 0.15) is 22.3 Å². The summed E-state index contributed by atoms with van der Waals surface area (Å²) in [5.41, 5.74) is 1.42. The van der Waals surface area contributed by atoms with E-state index in [2.05, 4.69) is 5.32 Å². The second-order valence-electron chi connectivity index (χ2n) is 8.14. The van der Waals surface area contributed by atoms with Gasteiger partial charge in [0, 0.05) is 5.69 Å². The number of nitrogens with zero attached hydrogens (tertiary/aromatic N) is 1. The predicted molar refractivity (Wildman–Crippen MR) is 128 cm³/mol. The third-order valence-electron chi connectivity index (χ3n) is 5.14. The van der Waals surface area contributed by atoms with Crippen LogP contribution in [0.5, 0.6) is 5.75 Å². The monoisotopic (exact) mass is 506 g/mol. The fraction of sp³-hybridized carbons (Fsp3) is 0.240. The van der Waals surface area contributed by atoms with Crippen LogP contribution in [-0.4, -0.2) is 28.0 Å². The first-order valence-electron chi connectivity index (χ1n) is 10.5. The highest BCUT2D eigenvalue weighted by molar-refractivity contribution is 7.93. The Labute approximate surface area is 202 Å². The van der Waals surface area contributed by atoms with Crippen molar-refractivity contribution in [2.45, 2.75) is 31.8 Å². The molecule has 0 bridgehead atoms. The molecule has 0 unspecified atom stereocenters. The number of halogens is 3.